The van der Waals surface area contributed by atoms with Crippen molar-refractivity contribution in [3.63, 3.8) is 0 Å². The maximum Gasteiger partial charge on any atom is 0.321 e. The minimum Gasteiger partial charge on any atom is -0.480 e. The molecule has 0 bridgehead atoms. The van der Waals surface area contributed by atoms with Gasteiger partial charge in [0.1, 0.15) is 12.6 Å². The van der Waals surface area contributed by atoms with E-state index >= 15 is 0 Å². The van der Waals surface area contributed by atoms with Crippen LogP contribution in [0.25, 0.3) is 0 Å². The number of carboxylic acid groups (broad SMARTS) is 1. The summed E-state index contributed by atoms with van der Waals surface area (Å²) in [5, 5.41) is 8.64. The molecule has 0 fully saturated rings. The highest BCUT2D eigenvalue weighted by atomic mass is 33.1. The standard InChI is InChI=1S/C11H13NO4S2/c12-9(11(14)15)6-17-18-10-4-2-1-3-8(10)5-16-7-13/h1-4,7,9H,5-6,12H2,(H,14,15)/t9-/m1/s1. The van der Waals surface area contributed by atoms with Crippen molar-refractivity contribution in [1.29, 1.82) is 0 Å². The topological polar surface area (TPSA) is 89.6 Å². The fourth-order valence-corrected chi connectivity index (χ4v) is 3.44. The van der Waals surface area contributed by atoms with Gasteiger partial charge in [-0.05, 0) is 6.07 Å². The molecule has 1 rings (SSSR count). The Balaban J connectivity index is 2.50. The van der Waals surface area contributed by atoms with E-state index in [2.05, 4.69) is 0 Å². The molecular weight excluding hydrogens is 274 g/mol. The second-order valence-corrected chi connectivity index (χ2v) is 5.71. The molecule has 0 amide bonds. The monoisotopic (exact) mass is 287 g/mol. The molecule has 1 atom stereocenters. The van der Waals surface area contributed by atoms with Gasteiger partial charge in [-0.25, -0.2) is 0 Å². The van der Waals surface area contributed by atoms with E-state index in [4.69, 9.17) is 15.6 Å². The van der Waals surface area contributed by atoms with E-state index in [-0.39, 0.29) is 6.61 Å². The summed E-state index contributed by atoms with van der Waals surface area (Å²) in [4.78, 5) is 21.6. The maximum absolute atomic E-state index is 10.5. The van der Waals surface area contributed by atoms with Crippen molar-refractivity contribution < 1.29 is 19.4 Å². The van der Waals surface area contributed by atoms with E-state index in [0.29, 0.717) is 12.2 Å². The summed E-state index contributed by atoms with van der Waals surface area (Å²) in [6.07, 6.45) is 0. The summed E-state index contributed by atoms with van der Waals surface area (Å²) in [6.45, 7) is 0.604. The summed E-state index contributed by atoms with van der Waals surface area (Å²) in [5.41, 5.74) is 6.27. The minimum absolute atomic E-state index is 0.207. The lowest BCUT2D eigenvalue weighted by molar-refractivity contribution is -0.138. The van der Waals surface area contributed by atoms with E-state index in [1.807, 2.05) is 24.3 Å². The van der Waals surface area contributed by atoms with Gasteiger partial charge in [0.2, 0.25) is 0 Å². The molecule has 18 heavy (non-hydrogen) atoms. The lowest BCUT2D eigenvalue weighted by Crippen LogP contribution is -2.32. The van der Waals surface area contributed by atoms with E-state index in [9.17, 15) is 9.59 Å². The van der Waals surface area contributed by atoms with Gasteiger partial charge in [0.25, 0.3) is 6.47 Å². The highest BCUT2D eigenvalue weighted by Gasteiger charge is 2.12. The zero-order chi connectivity index (χ0) is 13.4. The van der Waals surface area contributed by atoms with Gasteiger partial charge in [-0.2, -0.15) is 0 Å². The van der Waals surface area contributed by atoms with Crippen molar-refractivity contribution in [2.75, 3.05) is 5.75 Å². The number of benzene rings is 1. The Hall–Kier alpha value is -1.18. The van der Waals surface area contributed by atoms with Crippen molar-refractivity contribution in [3.8, 4) is 0 Å². The zero-order valence-corrected chi connectivity index (χ0v) is 11.1. The molecule has 0 heterocycles. The normalized spacial score (nSPS) is 11.8. The van der Waals surface area contributed by atoms with Crippen LogP contribution in [0.2, 0.25) is 0 Å². The summed E-state index contributed by atoms with van der Waals surface area (Å²) in [6, 6.07) is 6.57. The fourth-order valence-electron chi connectivity index (χ4n) is 1.07. The number of rotatable bonds is 8. The second-order valence-electron chi connectivity index (χ2n) is 3.33. The van der Waals surface area contributed by atoms with Gasteiger partial charge < -0.3 is 15.6 Å². The van der Waals surface area contributed by atoms with E-state index in [0.717, 1.165) is 10.5 Å². The minimum atomic E-state index is -1.01. The van der Waals surface area contributed by atoms with E-state index in [1.54, 1.807) is 0 Å². The predicted molar refractivity (Wildman–Crippen MR) is 71.2 cm³/mol. The Labute approximate surface area is 112 Å². The first kappa shape index (κ1) is 14.9. The van der Waals surface area contributed by atoms with Crippen LogP contribution in [0.3, 0.4) is 0 Å². The Kier molecular flexibility index (Phi) is 6.63. The zero-order valence-electron chi connectivity index (χ0n) is 9.44. The highest BCUT2D eigenvalue weighted by Crippen LogP contribution is 2.33. The first-order valence-electron chi connectivity index (χ1n) is 5.06. The van der Waals surface area contributed by atoms with Crippen LogP contribution in [0, 0.1) is 0 Å². The number of carbonyl (C=O) groups excluding carboxylic acids is 1. The third-order valence-electron chi connectivity index (χ3n) is 1.99. The van der Waals surface area contributed by atoms with Crippen LogP contribution >= 0.6 is 21.6 Å². The largest absolute Gasteiger partial charge is 0.480 e. The lowest BCUT2D eigenvalue weighted by Gasteiger charge is -2.08. The number of aliphatic carboxylic acids is 1. The Morgan fingerprint density at radius 1 is 1.50 bits per heavy atom. The molecular formula is C11H13NO4S2. The van der Waals surface area contributed by atoms with Crippen molar-refractivity contribution in [3.05, 3.63) is 29.8 Å². The molecule has 1 aromatic rings. The maximum atomic E-state index is 10.5. The molecule has 3 N–H and O–H groups in total. The molecule has 1 aromatic carbocycles. The van der Waals surface area contributed by atoms with Gasteiger partial charge in [0, 0.05) is 16.2 Å². The van der Waals surface area contributed by atoms with Gasteiger partial charge in [-0.15, -0.1) is 0 Å². The molecule has 0 saturated heterocycles. The van der Waals surface area contributed by atoms with Gasteiger partial charge in [0.05, 0.1) is 0 Å². The number of hydrogen-bond acceptors (Lipinski definition) is 6. The van der Waals surface area contributed by atoms with Gasteiger partial charge in [0.15, 0.2) is 0 Å². The quantitative estimate of drug-likeness (QED) is 0.553. The summed E-state index contributed by atoms with van der Waals surface area (Å²) in [7, 11) is 2.78. The number of carbonyl (C=O) groups is 2. The molecule has 7 heteroatoms. The molecule has 0 aliphatic rings. The third kappa shape index (κ3) is 4.99. The Morgan fingerprint density at radius 2 is 2.22 bits per heavy atom. The van der Waals surface area contributed by atoms with Gasteiger partial charge >= 0.3 is 5.97 Å². The second kappa shape index (κ2) is 8.02. The lowest BCUT2D eigenvalue weighted by atomic mass is 10.2. The van der Waals surface area contributed by atoms with Crippen LogP contribution in [0.5, 0.6) is 0 Å². The van der Waals surface area contributed by atoms with E-state index < -0.39 is 12.0 Å². The van der Waals surface area contributed by atoms with Crippen LogP contribution in [-0.2, 0) is 20.9 Å². The molecule has 0 aliphatic heterocycles. The van der Waals surface area contributed by atoms with Crippen LogP contribution in [0.1, 0.15) is 5.56 Å². The summed E-state index contributed by atoms with van der Waals surface area (Å²) >= 11 is 0. The predicted octanol–water partition coefficient (Wildman–Crippen LogP) is 1.51. The fraction of sp³-hybridized carbons (Fsp3) is 0.273. The average Bonchev–Trinajstić information content (AvgIpc) is 2.37. The number of carboxylic acids is 1. The van der Waals surface area contributed by atoms with Gasteiger partial charge in [-0.1, -0.05) is 39.8 Å². The van der Waals surface area contributed by atoms with Crippen molar-refractivity contribution in [2.45, 2.75) is 17.5 Å². The highest BCUT2D eigenvalue weighted by molar-refractivity contribution is 8.76. The first-order chi connectivity index (χ1) is 8.65. The third-order valence-corrected chi connectivity index (χ3v) is 4.48. The van der Waals surface area contributed by atoms with Crippen molar-refractivity contribution >= 4 is 34.0 Å². The summed E-state index contributed by atoms with van der Waals surface area (Å²) < 4.78 is 4.70. The molecule has 0 spiro atoms. The molecule has 0 unspecified atom stereocenters. The Morgan fingerprint density at radius 3 is 2.89 bits per heavy atom. The average molecular weight is 287 g/mol. The first-order valence-corrected chi connectivity index (χ1v) is 7.38. The van der Waals surface area contributed by atoms with Crippen molar-refractivity contribution in [1.82, 2.24) is 0 Å². The number of hydrogen-bond donors (Lipinski definition) is 2. The van der Waals surface area contributed by atoms with Crippen LogP contribution in [0.15, 0.2) is 29.2 Å². The smallest absolute Gasteiger partial charge is 0.321 e. The summed E-state index contributed by atoms with van der Waals surface area (Å²) in [5.74, 6) is -0.705. The molecule has 0 aliphatic carbocycles. The molecule has 0 saturated carbocycles. The molecule has 0 radical (unpaired) electrons. The van der Waals surface area contributed by atoms with Crippen LogP contribution in [-0.4, -0.2) is 29.3 Å². The molecule has 98 valence electrons. The number of ether oxygens (including phenoxy) is 1. The number of nitrogens with two attached hydrogens (primary N) is 1. The molecule has 0 aromatic heterocycles. The van der Waals surface area contributed by atoms with Gasteiger partial charge in [-0.3, -0.25) is 9.59 Å². The Bertz CT molecular complexity index is 414. The SMILES string of the molecule is N[C@H](CSSc1ccccc1COC=O)C(=O)O. The molecule has 5 nitrogen and oxygen atoms in total. The van der Waals surface area contributed by atoms with Crippen LogP contribution in [0.4, 0.5) is 0 Å². The van der Waals surface area contributed by atoms with Crippen molar-refractivity contribution in [2.24, 2.45) is 5.73 Å². The van der Waals surface area contributed by atoms with E-state index in [1.165, 1.54) is 21.6 Å². The van der Waals surface area contributed by atoms with Crippen LogP contribution < -0.4 is 5.73 Å².